The van der Waals surface area contributed by atoms with Gasteiger partial charge in [0.05, 0.1) is 5.41 Å². The van der Waals surface area contributed by atoms with Crippen LogP contribution >= 0.6 is 0 Å². The van der Waals surface area contributed by atoms with E-state index in [4.69, 9.17) is 9.26 Å². The Morgan fingerprint density at radius 3 is 2.88 bits per heavy atom. The molecule has 132 valence electrons. The van der Waals surface area contributed by atoms with Crippen molar-refractivity contribution in [3.8, 4) is 17.3 Å². The molecule has 1 unspecified atom stereocenters. The third-order valence-corrected chi connectivity index (χ3v) is 5.37. The van der Waals surface area contributed by atoms with Crippen molar-refractivity contribution < 1.29 is 14.1 Å². The maximum Gasteiger partial charge on any atom is 0.235 e. The van der Waals surface area contributed by atoms with Gasteiger partial charge in [-0.3, -0.25) is 4.79 Å². The van der Waals surface area contributed by atoms with Crippen LogP contribution in [-0.2, 0) is 10.2 Å². The fraction of sp³-hybridized carbons (Fsp3) is 0.556. The standard InChI is InChI=1S/C18H22N4O3/c1-11(2)18(9-14(23)20-10-18)17-21-16(22-25-17)12-6-7-19-15(8-12)24-13-4-3-5-13/h6-8,11,13H,3-5,9-10H2,1-2H3,(H,20,23). The fourth-order valence-electron chi connectivity index (χ4n) is 3.29. The van der Waals surface area contributed by atoms with E-state index >= 15 is 0 Å². The summed E-state index contributed by atoms with van der Waals surface area (Å²) in [4.78, 5) is 20.6. The van der Waals surface area contributed by atoms with Crippen LogP contribution in [0.2, 0.25) is 0 Å². The first-order valence-corrected chi connectivity index (χ1v) is 8.81. The quantitative estimate of drug-likeness (QED) is 0.898. The normalized spacial score (nSPS) is 23.6. The number of hydrogen-bond acceptors (Lipinski definition) is 6. The summed E-state index contributed by atoms with van der Waals surface area (Å²) in [6.07, 6.45) is 5.70. The Kier molecular flexibility index (Phi) is 3.94. The van der Waals surface area contributed by atoms with E-state index in [1.807, 2.05) is 12.1 Å². The van der Waals surface area contributed by atoms with Gasteiger partial charge >= 0.3 is 0 Å². The minimum absolute atomic E-state index is 0.0218. The summed E-state index contributed by atoms with van der Waals surface area (Å²) < 4.78 is 11.4. The molecular formula is C18H22N4O3. The number of nitrogens with zero attached hydrogens (tertiary/aromatic N) is 3. The van der Waals surface area contributed by atoms with Crippen molar-refractivity contribution in [2.75, 3.05) is 6.54 Å². The lowest BCUT2D eigenvalue weighted by Gasteiger charge is -2.26. The van der Waals surface area contributed by atoms with Crippen LogP contribution in [0, 0.1) is 5.92 Å². The first-order chi connectivity index (χ1) is 12.1. The third-order valence-electron chi connectivity index (χ3n) is 5.37. The average molecular weight is 342 g/mol. The molecule has 2 aromatic heterocycles. The van der Waals surface area contributed by atoms with Gasteiger partial charge in [-0.2, -0.15) is 4.98 Å². The Bertz CT molecular complexity index is 784. The minimum Gasteiger partial charge on any atom is -0.474 e. The van der Waals surface area contributed by atoms with E-state index in [2.05, 4.69) is 34.3 Å². The predicted octanol–water partition coefficient (Wildman–Crippen LogP) is 2.48. The predicted molar refractivity (Wildman–Crippen MR) is 89.9 cm³/mol. The lowest BCUT2D eigenvalue weighted by molar-refractivity contribution is -0.119. The highest BCUT2D eigenvalue weighted by molar-refractivity contribution is 5.80. The summed E-state index contributed by atoms with van der Waals surface area (Å²) in [5.74, 6) is 1.82. The molecule has 2 fully saturated rings. The Morgan fingerprint density at radius 1 is 1.40 bits per heavy atom. The molecule has 25 heavy (non-hydrogen) atoms. The average Bonchev–Trinajstić information content (AvgIpc) is 3.19. The second kappa shape index (κ2) is 6.13. The van der Waals surface area contributed by atoms with Crippen LogP contribution in [-0.4, -0.2) is 33.7 Å². The van der Waals surface area contributed by atoms with Crippen LogP contribution in [0.1, 0.15) is 45.4 Å². The van der Waals surface area contributed by atoms with E-state index in [9.17, 15) is 4.79 Å². The molecule has 1 saturated heterocycles. The van der Waals surface area contributed by atoms with E-state index in [1.165, 1.54) is 6.42 Å². The maximum atomic E-state index is 11.8. The molecule has 1 amide bonds. The summed E-state index contributed by atoms with van der Waals surface area (Å²) in [7, 11) is 0. The lowest BCUT2D eigenvalue weighted by atomic mass is 9.76. The molecule has 1 saturated carbocycles. The molecule has 1 aliphatic heterocycles. The van der Waals surface area contributed by atoms with Gasteiger partial charge in [-0.05, 0) is 31.2 Å². The van der Waals surface area contributed by atoms with Crippen molar-refractivity contribution in [1.82, 2.24) is 20.4 Å². The highest BCUT2D eigenvalue weighted by Crippen LogP contribution is 2.38. The zero-order chi connectivity index (χ0) is 17.4. The van der Waals surface area contributed by atoms with Crippen LogP contribution in [0.15, 0.2) is 22.9 Å². The second-order valence-corrected chi connectivity index (χ2v) is 7.24. The van der Waals surface area contributed by atoms with Crippen molar-refractivity contribution in [2.24, 2.45) is 5.92 Å². The largest absolute Gasteiger partial charge is 0.474 e. The Labute approximate surface area is 146 Å². The molecular weight excluding hydrogens is 320 g/mol. The molecule has 7 nitrogen and oxygen atoms in total. The fourth-order valence-corrected chi connectivity index (χ4v) is 3.29. The molecule has 0 radical (unpaired) electrons. The molecule has 2 aliphatic rings. The van der Waals surface area contributed by atoms with Crippen molar-refractivity contribution >= 4 is 5.91 Å². The molecule has 1 N–H and O–H groups in total. The van der Waals surface area contributed by atoms with Crippen LogP contribution in [0.4, 0.5) is 0 Å². The van der Waals surface area contributed by atoms with Crippen molar-refractivity contribution in [1.29, 1.82) is 0 Å². The number of aromatic nitrogens is 3. The number of nitrogens with one attached hydrogen (secondary N) is 1. The van der Waals surface area contributed by atoms with Crippen LogP contribution in [0.5, 0.6) is 5.88 Å². The number of carbonyl (C=O) groups excluding carboxylic acids is 1. The summed E-state index contributed by atoms with van der Waals surface area (Å²) >= 11 is 0. The molecule has 1 atom stereocenters. The number of rotatable bonds is 5. The van der Waals surface area contributed by atoms with Gasteiger partial charge in [-0.1, -0.05) is 19.0 Å². The number of amides is 1. The molecule has 4 rings (SSSR count). The number of ether oxygens (including phenoxy) is 1. The van der Waals surface area contributed by atoms with Crippen LogP contribution < -0.4 is 10.1 Å². The smallest absolute Gasteiger partial charge is 0.235 e. The number of hydrogen-bond donors (Lipinski definition) is 1. The minimum atomic E-state index is -0.444. The van der Waals surface area contributed by atoms with Gasteiger partial charge in [0.2, 0.25) is 23.5 Å². The molecule has 1 aliphatic carbocycles. The van der Waals surface area contributed by atoms with E-state index in [-0.39, 0.29) is 17.9 Å². The van der Waals surface area contributed by atoms with E-state index in [0.29, 0.717) is 30.6 Å². The van der Waals surface area contributed by atoms with Crippen molar-refractivity contribution in [2.45, 2.75) is 51.0 Å². The van der Waals surface area contributed by atoms with E-state index in [0.717, 1.165) is 18.4 Å². The Balaban J connectivity index is 1.60. The van der Waals surface area contributed by atoms with Gasteiger partial charge in [0.15, 0.2) is 0 Å². The second-order valence-electron chi connectivity index (χ2n) is 7.24. The molecule has 2 aromatic rings. The summed E-state index contributed by atoms with van der Waals surface area (Å²) in [5, 5.41) is 7.02. The lowest BCUT2D eigenvalue weighted by Crippen LogP contribution is -2.35. The highest BCUT2D eigenvalue weighted by atomic mass is 16.5. The summed E-state index contributed by atoms with van der Waals surface area (Å²) in [6, 6.07) is 3.68. The summed E-state index contributed by atoms with van der Waals surface area (Å²) in [5.41, 5.74) is 0.358. The number of pyridine rings is 1. The van der Waals surface area contributed by atoms with Gasteiger partial charge in [0.25, 0.3) is 0 Å². The first kappa shape index (κ1) is 16.1. The first-order valence-electron chi connectivity index (χ1n) is 8.81. The van der Waals surface area contributed by atoms with Crippen LogP contribution in [0.3, 0.4) is 0 Å². The molecule has 3 heterocycles. The van der Waals surface area contributed by atoms with Gasteiger partial charge in [-0.25, -0.2) is 4.98 Å². The zero-order valence-electron chi connectivity index (χ0n) is 14.5. The monoisotopic (exact) mass is 342 g/mol. The van der Waals surface area contributed by atoms with Crippen LogP contribution in [0.25, 0.3) is 11.4 Å². The maximum absolute atomic E-state index is 11.8. The zero-order valence-corrected chi connectivity index (χ0v) is 14.5. The van der Waals surface area contributed by atoms with Gasteiger partial charge in [0, 0.05) is 30.8 Å². The summed E-state index contributed by atoms with van der Waals surface area (Å²) in [6.45, 7) is 4.67. The Hall–Kier alpha value is -2.44. The molecule has 0 spiro atoms. The Morgan fingerprint density at radius 2 is 2.24 bits per heavy atom. The van der Waals surface area contributed by atoms with Gasteiger partial charge in [-0.15, -0.1) is 0 Å². The number of carbonyl (C=O) groups is 1. The van der Waals surface area contributed by atoms with E-state index in [1.54, 1.807) is 6.20 Å². The topological polar surface area (TPSA) is 90.1 Å². The third kappa shape index (κ3) is 2.88. The molecule has 0 bridgehead atoms. The van der Waals surface area contributed by atoms with Crippen molar-refractivity contribution in [3.63, 3.8) is 0 Å². The molecule has 0 aromatic carbocycles. The van der Waals surface area contributed by atoms with E-state index < -0.39 is 5.41 Å². The highest BCUT2D eigenvalue weighted by Gasteiger charge is 2.47. The van der Waals surface area contributed by atoms with Gasteiger partial charge in [0.1, 0.15) is 6.10 Å². The SMILES string of the molecule is CC(C)C1(c2nc(-c3ccnc(OC4CCC4)c3)no2)CNC(=O)C1. The van der Waals surface area contributed by atoms with Gasteiger partial charge < -0.3 is 14.6 Å². The molecule has 7 heteroatoms. The van der Waals surface area contributed by atoms with Crippen molar-refractivity contribution in [3.05, 3.63) is 24.2 Å².